The first-order chi connectivity index (χ1) is 27.6. The van der Waals surface area contributed by atoms with Crippen molar-refractivity contribution < 1.29 is 47.5 Å². The maximum absolute atomic E-state index is 12.6. The zero-order valence-corrected chi connectivity index (χ0v) is 37.3. The van der Waals surface area contributed by atoms with Gasteiger partial charge in [0.25, 0.3) is 0 Å². The number of phosphoric acid groups is 1. The van der Waals surface area contributed by atoms with E-state index in [4.69, 9.17) is 24.8 Å². The number of carbonyl (C=O) groups excluding carboxylic acids is 2. The van der Waals surface area contributed by atoms with Crippen LogP contribution in [0.25, 0.3) is 0 Å². The first-order valence-electron chi connectivity index (χ1n) is 23.2. The van der Waals surface area contributed by atoms with Crippen molar-refractivity contribution in [1.82, 2.24) is 0 Å². The summed E-state index contributed by atoms with van der Waals surface area (Å²) >= 11 is 0. The van der Waals surface area contributed by atoms with E-state index in [1.165, 1.54) is 141 Å². The Balaban J connectivity index is 4.28. The van der Waals surface area contributed by atoms with Crippen LogP contribution in [0.4, 0.5) is 0 Å². The first kappa shape index (κ1) is 55.2. The van der Waals surface area contributed by atoms with Crippen molar-refractivity contribution in [1.29, 1.82) is 0 Å². The zero-order chi connectivity index (χ0) is 42.1. The molecule has 0 aliphatic heterocycles. The monoisotopic (exact) mass is 832 g/mol. The zero-order valence-electron chi connectivity index (χ0n) is 36.5. The molecule has 0 spiro atoms. The van der Waals surface area contributed by atoms with E-state index >= 15 is 0 Å². The molecule has 0 aromatic carbocycles. The third kappa shape index (κ3) is 40.8. The topological polar surface area (TPSA) is 172 Å². The third-order valence-corrected chi connectivity index (χ3v) is 11.2. The van der Waals surface area contributed by atoms with E-state index in [1.54, 1.807) is 0 Å². The minimum atomic E-state index is -4.71. The molecule has 12 heteroatoms. The molecule has 0 saturated carbocycles. The lowest BCUT2D eigenvalue weighted by atomic mass is 10.0. The van der Waals surface area contributed by atoms with Gasteiger partial charge in [0.15, 0.2) is 6.10 Å². The molecule has 0 aromatic rings. The standard InChI is InChI=1S/C45H86NO10P/c1-3-5-7-9-11-13-15-17-19-20-21-23-24-26-28-30-32-34-36-43(47)53-38-41(39-54-57(51,52)55-40-42(46)45(49)50)56-44(48)37-35-33-31-29-27-25-22-18-16-14-12-10-8-6-4-2/h14,16,41-42H,3-13,15,17-40,46H2,1-2H3,(H,49,50)(H,51,52)/b16-14+/t41-,42+/m1/s1. The molecule has 11 nitrogen and oxygen atoms in total. The molecule has 0 aliphatic rings. The van der Waals surface area contributed by atoms with Gasteiger partial charge in [-0.25, -0.2) is 4.57 Å². The lowest BCUT2D eigenvalue weighted by Crippen LogP contribution is -2.34. The summed E-state index contributed by atoms with van der Waals surface area (Å²) in [5.74, 6) is -2.37. The Morgan fingerprint density at radius 1 is 0.526 bits per heavy atom. The Labute approximate surface area is 348 Å². The van der Waals surface area contributed by atoms with E-state index in [1.807, 2.05) is 0 Å². The highest BCUT2D eigenvalue weighted by Gasteiger charge is 2.28. The van der Waals surface area contributed by atoms with Crippen LogP contribution in [-0.2, 0) is 37.5 Å². The van der Waals surface area contributed by atoms with Crippen LogP contribution in [-0.4, -0.2) is 59.9 Å². The van der Waals surface area contributed by atoms with Crippen molar-refractivity contribution in [3.8, 4) is 0 Å². The molecule has 0 rings (SSSR count). The summed E-state index contributed by atoms with van der Waals surface area (Å²) in [6.07, 6.45) is 41.3. The Hall–Kier alpha value is -1.78. The first-order valence-corrected chi connectivity index (χ1v) is 24.7. The SMILES string of the molecule is CCCCCC/C=C/CCCCCCCCCC(=O)O[C@H](COC(=O)CCCCCCCCCCCCCCCCCCCC)COP(=O)(O)OC[C@H](N)C(=O)O. The smallest absolute Gasteiger partial charge is 0.472 e. The Morgan fingerprint density at radius 2 is 0.877 bits per heavy atom. The van der Waals surface area contributed by atoms with Gasteiger partial charge in [0.1, 0.15) is 12.6 Å². The number of nitrogens with two attached hydrogens (primary N) is 1. The van der Waals surface area contributed by atoms with Crippen LogP contribution in [0.15, 0.2) is 12.2 Å². The summed E-state index contributed by atoms with van der Waals surface area (Å²) in [6, 6.07) is -1.52. The van der Waals surface area contributed by atoms with E-state index in [0.29, 0.717) is 12.8 Å². The van der Waals surface area contributed by atoms with Crippen LogP contribution in [0.5, 0.6) is 0 Å². The Morgan fingerprint density at radius 3 is 1.30 bits per heavy atom. The number of phosphoric ester groups is 1. The van der Waals surface area contributed by atoms with Gasteiger partial charge in [0, 0.05) is 12.8 Å². The summed E-state index contributed by atoms with van der Waals surface area (Å²) in [5, 5.41) is 8.89. The van der Waals surface area contributed by atoms with Gasteiger partial charge in [0.05, 0.1) is 13.2 Å². The fraction of sp³-hybridized carbons (Fsp3) is 0.889. The second-order valence-electron chi connectivity index (χ2n) is 15.9. The molecule has 0 bridgehead atoms. The molecule has 0 saturated heterocycles. The molecule has 0 fully saturated rings. The number of hydrogen-bond donors (Lipinski definition) is 3. The fourth-order valence-electron chi connectivity index (χ4n) is 6.59. The maximum atomic E-state index is 12.6. The molecule has 336 valence electrons. The molecule has 0 aromatic heterocycles. The van der Waals surface area contributed by atoms with Gasteiger partial charge in [0.2, 0.25) is 0 Å². The maximum Gasteiger partial charge on any atom is 0.472 e. The molecule has 0 amide bonds. The third-order valence-electron chi connectivity index (χ3n) is 10.3. The normalized spacial score (nSPS) is 13.8. The number of allylic oxidation sites excluding steroid dienone is 2. The van der Waals surface area contributed by atoms with Gasteiger partial charge in [-0.15, -0.1) is 0 Å². The summed E-state index contributed by atoms with van der Waals surface area (Å²) in [4.78, 5) is 46.0. The summed E-state index contributed by atoms with van der Waals surface area (Å²) in [7, 11) is -4.71. The van der Waals surface area contributed by atoms with Gasteiger partial charge in [-0.05, 0) is 38.5 Å². The number of carboxylic acids is 1. The van der Waals surface area contributed by atoms with Gasteiger partial charge in [-0.1, -0.05) is 187 Å². The average molecular weight is 832 g/mol. The van der Waals surface area contributed by atoms with Crippen molar-refractivity contribution in [2.75, 3.05) is 19.8 Å². The summed E-state index contributed by atoms with van der Waals surface area (Å²) < 4.78 is 32.7. The molecule has 0 aliphatic carbocycles. The van der Waals surface area contributed by atoms with Crippen LogP contribution in [0.1, 0.15) is 226 Å². The van der Waals surface area contributed by atoms with E-state index in [-0.39, 0.29) is 19.4 Å². The van der Waals surface area contributed by atoms with Crippen LogP contribution in [0.2, 0.25) is 0 Å². The summed E-state index contributed by atoms with van der Waals surface area (Å²) in [5.41, 5.74) is 5.34. The highest BCUT2D eigenvalue weighted by Crippen LogP contribution is 2.43. The number of unbranched alkanes of at least 4 members (excludes halogenated alkanes) is 28. The fourth-order valence-corrected chi connectivity index (χ4v) is 7.37. The Kier molecular flexibility index (Phi) is 39.7. The molecular formula is C45H86NO10P. The average Bonchev–Trinajstić information content (AvgIpc) is 3.19. The highest BCUT2D eigenvalue weighted by atomic mass is 31.2. The van der Waals surface area contributed by atoms with E-state index < -0.39 is 51.1 Å². The predicted molar refractivity (Wildman–Crippen MR) is 231 cm³/mol. The molecular weight excluding hydrogens is 745 g/mol. The predicted octanol–water partition coefficient (Wildman–Crippen LogP) is 12.5. The van der Waals surface area contributed by atoms with Crippen LogP contribution in [0.3, 0.4) is 0 Å². The van der Waals surface area contributed by atoms with Gasteiger partial charge >= 0.3 is 25.7 Å². The number of hydrogen-bond acceptors (Lipinski definition) is 9. The number of carboxylic acid groups (broad SMARTS) is 1. The summed E-state index contributed by atoms with van der Waals surface area (Å²) in [6.45, 7) is 2.82. The molecule has 4 N–H and O–H groups in total. The van der Waals surface area contributed by atoms with E-state index in [2.05, 4.69) is 30.5 Å². The van der Waals surface area contributed by atoms with Crippen molar-refractivity contribution in [2.24, 2.45) is 5.73 Å². The largest absolute Gasteiger partial charge is 0.480 e. The quantitative estimate of drug-likeness (QED) is 0.0231. The van der Waals surface area contributed by atoms with Gasteiger partial charge < -0.3 is 25.2 Å². The van der Waals surface area contributed by atoms with Crippen molar-refractivity contribution in [2.45, 2.75) is 238 Å². The molecule has 0 heterocycles. The molecule has 3 atom stereocenters. The van der Waals surface area contributed by atoms with Gasteiger partial charge in [-0.3, -0.25) is 23.4 Å². The van der Waals surface area contributed by atoms with E-state index in [9.17, 15) is 23.8 Å². The molecule has 57 heavy (non-hydrogen) atoms. The minimum absolute atomic E-state index is 0.160. The molecule has 0 radical (unpaired) electrons. The van der Waals surface area contributed by atoms with Crippen LogP contribution < -0.4 is 5.73 Å². The molecule has 1 unspecified atom stereocenters. The number of esters is 2. The Bertz CT molecular complexity index is 1030. The number of aliphatic carboxylic acids is 1. The lowest BCUT2D eigenvalue weighted by Gasteiger charge is -2.20. The highest BCUT2D eigenvalue weighted by molar-refractivity contribution is 7.47. The number of ether oxygens (including phenoxy) is 2. The van der Waals surface area contributed by atoms with Gasteiger partial charge in [-0.2, -0.15) is 0 Å². The lowest BCUT2D eigenvalue weighted by molar-refractivity contribution is -0.161. The van der Waals surface area contributed by atoms with Crippen molar-refractivity contribution in [3.05, 3.63) is 12.2 Å². The number of carbonyl (C=O) groups is 3. The van der Waals surface area contributed by atoms with Crippen LogP contribution in [0, 0.1) is 0 Å². The second kappa shape index (κ2) is 41.0. The van der Waals surface area contributed by atoms with Crippen molar-refractivity contribution in [3.63, 3.8) is 0 Å². The minimum Gasteiger partial charge on any atom is -0.480 e. The number of rotatable bonds is 44. The van der Waals surface area contributed by atoms with E-state index in [0.717, 1.165) is 44.9 Å². The second-order valence-corrected chi connectivity index (χ2v) is 17.3. The van der Waals surface area contributed by atoms with Crippen LogP contribution >= 0.6 is 7.82 Å². The van der Waals surface area contributed by atoms with Crippen molar-refractivity contribution >= 4 is 25.7 Å².